The second kappa shape index (κ2) is 4.76. The Kier molecular flexibility index (Phi) is 3.96. The van der Waals surface area contributed by atoms with Gasteiger partial charge in [0.1, 0.15) is 5.60 Å². The summed E-state index contributed by atoms with van der Waals surface area (Å²) in [5, 5.41) is 11.7. The van der Waals surface area contributed by atoms with Crippen molar-refractivity contribution in [3.05, 3.63) is 0 Å². The lowest BCUT2D eigenvalue weighted by Gasteiger charge is -2.30. The zero-order valence-electron chi connectivity index (χ0n) is 10.6. The van der Waals surface area contributed by atoms with Crippen LogP contribution in [0.15, 0.2) is 0 Å². The van der Waals surface area contributed by atoms with Crippen LogP contribution in [0.25, 0.3) is 0 Å². The Morgan fingerprint density at radius 1 is 1.47 bits per heavy atom. The molecule has 0 aromatic heterocycles. The van der Waals surface area contributed by atoms with Crippen molar-refractivity contribution in [3.63, 3.8) is 0 Å². The number of hydrogen-bond donors (Lipinski definition) is 2. The summed E-state index contributed by atoms with van der Waals surface area (Å²) in [5.74, 6) is -0.274. The van der Waals surface area contributed by atoms with Crippen LogP contribution in [0, 0.1) is 0 Å². The maximum atomic E-state index is 11.7. The second-order valence-electron chi connectivity index (χ2n) is 5.17. The number of rotatable bonds is 2. The Morgan fingerprint density at radius 2 is 2.06 bits per heavy atom. The maximum absolute atomic E-state index is 11.7. The summed E-state index contributed by atoms with van der Waals surface area (Å²) in [4.78, 5) is 23.0. The summed E-state index contributed by atoms with van der Waals surface area (Å²) in [7, 11) is 0. The van der Waals surface area contributed by atoms with Crippen LogP contribution in [0.2, 0.25) is 0 Å². The largest absolute Gasteiger partial charge is 0.479 e. The minimum Gasteiger partial charge on any atom is -0.479 e. The van der Waals surface area contributed by atoms with Gasteiger partial charge in [-0.25, -0.2) is 9.59 Å². The molecule has 0 bridgehead atoms. The SMILES string of the molecule is C[C@@H]1SCC[C@@]1(NC(=O)OC(C)(C)C)C(=O)O. The molecule has 0 radical (unpaired) electrons. The highest BCUT2D eigenvalue weighted by atomic mass is 32.2. The predicted octanol–water partition coefficient (Wildman–Crippen LogP) is 1.86. The van der Waals surface area contributed by atoms with Crippen LogP contribution in [-0.4, -0.2) is 39.3 Å². The molecule has 1 rings (SSSR count). The van der Waals surface area contributed by atoms with Gasteiger partial charge in [-0.1, -0.05) is 6.92 Å². The molecule has 0 unspecified atom stereocenters. The highest BCUT2D eigenvalue weighted by Gasteiger charge is 2.49. The first kappa shape index (κ1) is 14.2. The minimum atomic E-state index is -1.20. The van der Waals surface area contributed by atoms with Crippen LogP contribution in [0.1, 0.15) is 34.1 Å². The summed E-state index contributed by atoms with van der Waals surface area (Å²) in [5.41, 5.74) is -1.83. The van der Waals surface area contributed by atoms with Crippen molar-refractivity contribution in [3.8, 4) is 0 Å². The number of nitrogens with one attached hydrogen (secondary N) is 1. The van der Waals surface area contributed by atoms with Crippen LogP contribution >= 0.6 is 11.8 Å². The van der Waals surface area contributed by atoms with Crippen molar-refractivity contribution in [2.24, 2.45) is 0 Å². The average Bonchev–Trinajstić information content (AvgIpc) is 2.45. The zero-order valence-corrected chi connectivity index (χ0v) is 11.4. The second-order valence-corrected chi connectivity index (χ2v) is 6.62. The van der Waals surface area contributed by atoms with Gasteiger partial charge in [0.05, 0.1) is 0 Å². The van der Waals surface area contributed by atoms with Gasteiger partial charge in [0, 0.05) is 5.25 Å². The molecule has 0 aliphatic carbocycles. The van der Waals surface area contributed by atoms with E-state index in [4.69, 9.17) is 4.74 Å². The number of alkyl carbamates (subject to hydrolysis) is 1. The maximum Gasteiger partial charge on any atom is 0.408 e. The van der Waals surface area contributed by atoms with Crippen molar-refractivity contribution >= 4 is 23.8 Å². The van der Waals surface area contributed by atoms with E-state index >= 15 is 0 Å². The molecule has 1 aliphatic rings. The third kappa shape index (κ3) is 3.28. The number of carboxylic acids is 1. The Bertz CT molecular complexity index is 326. The van der Waals surface area contributed by atoms with Crippen LogP contribution in [0.5, 0.6) is 0 Å². The van der Waals surface area contributed by atoms with Crippen molar-refractivity contribution in [2.75, 3.05) is 5.75 Å². The van der Waals surface area contributed by atoms with E-state index in [1.165, 1.54) is 0 Å². The average molecular weight is 261 g/mol. The standard InChI is InChI=1S/C11H19NO4S/c1-7-11(8(13)14,5-6-17-7)12-9(15)16-10(2,3)4/h7H,5-6H2,1-4H3,(H,12,15)(H,13,14)/t7-,11-/m0/s1. The van der Waals surface area contributed by atoms with E-state index in [1.54, 1.807) is 32.5 Å². The van der Waals surface area contributed by atoms with Gasteiger partial charge in [0.15, 0.2) is 5.54 Å². The van der Waals surface area contributed by atoms with Crippen LogP contribution in [-0.2, 0) is 9.53 Å². The van der Waals surface area contributed by atoms with Gasteiger partial charge in [-0.2, -0.15) is 11.8 Å². The number of hydrogen-bond acceptors (Lipinski definition) is 4. The minimum absolute atomic E-state index is 0.160. The van der Waals surface area contributed by atoms with Gasteiger partial charge in [0.2, 0.25) is 0 Å². The van der Waals surface area contributed by atoms with Gasteiger partial charge in [0.25, 0.3) is 0 Å². The number of aliphatic carboxylic acids is 1. The summed E-state index contributed by atoms with van der Waals surface area (Å²) < 4.78 is 5.10. The Morgan fingerprint density at radius 3 is 2.41 bits per heavy atom. The van der Waals surface area contributed by atoms with Crippen molar-refractivity contribution < 1.29 is 19.4 Å². The molecule has 2 N–H and O–H groups in total. The first-order chi connectivity index (χ1) is 7.67. The fourth-order valence-electron chi connectivity index (χ4n) is 1.73. The van der Waals surface area contributed by atoms with Gasteiger partial charge in [-0.3, -0.25) is 0 Å². The van der Waals surface area contributed by atoms with E-state index in [-0.39, 0.29) is 5.25 Å². The summed E-state index contributed by atoms with van der Waals surface area (Å²) in [6.07, 6.45) is -0.248. The van der Waals surface area contributed by atoms with E-state index < -0.39 is 23.2 Å². The van der Waals surface area contributed by atoms with E-state index in [9.17, 15) is 14.7 Å². The number of amides is 1. The van der Waals surface area contributed by atoms with Crippen LogP contribution in [0.4, 0.5) is 4.79 Å². The van der Waals surface area contributed by atoms with Crippen molar-refractivity contribution in [2.45, 2.75) is 50.5 Å². The lowest BCUT2D eigenvalue weighted by atomic mass is 9.93. The first-order valence-corrected chi connectivity index (χ1v) is 6.58. The zero-order chi connectivity index (χ0) is 13.3. The molecule has 2 atom stereocenters. The number of ether oxygens (including phenoxy) is 1. The molecule has 5 nitrogen and oxygen atoms in total. The number of carbonyl (C=O) groups excluding carboxylic acids is 1. The molecule has 0 spiro atoms. The Hall–Kier alpha value is -0.910. The van der Waals surface area contributed by atoms with Crippen molar-refractivity contribution in [1.29, 1.82) is 0 Å². The van der Waals surface area contributed by atoms with Gasteiger partial charge in [-0.05, 0) is 32.9 Å². The topological polar surface area (TPSA) is 75.6 Å². The highest BCUT2D eigenvalue weighted by Crippen LogP contribution is 2.36. The van der Waals surface area contributed by atoms with E-state index in [2.05, 4.69) is 5.32 Å². The molecule has 0 aromatic rings. The normalized spacial score (nSPS) is 28.8. The number of carboxylic acid groups (broad SMARTS) is 1. The van der Waals surface area contributed by atoms with E-state index in [1.807, 2.05) is 6.92 Å². The molecule has 17 heavy (non-hydrogen) atoms. The lowest BCUT2D eigenvalue weighted by molar-refractivity contribution is -0.144. The Labute approximate surface area is 105 Å². The fourth-order valence-corrected chi connectivity index (χ4v) is 3.08. The molecule has 1 saturated heterocycles. The molecule has 1 heterocycles. The molecule has 98 valence electrons. The summed E-state index contributed by atoms with van der Waals surface area (Å²) in [6, 6.07) is 0. The van der Waals surface area contributed by atoms with Crippen molar-refractivity contribution in [1.82, 2.24) is 5.32 Å². The molecule has 1 fully saturated rings. The Balaban J connectivity index is 2.75. The first-order valence-electron chi connectivity index (χ1n) is 5.53. The van der Waals surface area contributed by atoms with Crippen LogP contribution < -0.4 is 5.32 Å². The monoisotopic (exact) mass is 261 g/mol. The van der Waals surface area contributed by atoms with Crippen LogP contribution in [0.3, 0.4) is 0 Å². The third-order valence-corrected chi connectivity index (χ3v) is 4.01. The third-order valence-electron chi connectivity index (χ3n) is 2.66. The smallest absolute Gasteiger partial charge is 0.408 e. The number of carbonyl (C=O) groups is 2. The van der Waals surface area contributed by atoms with E-state index in [0.29, 0.717) is 6.42 Å². The molecular formula is C11H19NO4S. The summed E-state index contributed by atoms with van der Waals surface area (Å²) in [6.45, 7) is 7.04. The molecular weight excluding hydrogens is 242 g/mol. The molecule has 1 amide bonds. The molecule has 6 heteroatoms. The molecule has 0 aromatic carbocycles. The van der Waals surface area contributed by atoms with Gasteiger partial charge in [-0.15, -0.1) is 0 Å². The quantitative estimate of drug-likeness (QED) is 0.793. The number of thioether (sulfide) groups is 1. The fraction of sp³-hybridized carbons (Fsp3) is 0.818. The van der Waals surface area contributed by atoms with E-state index in [0.717, 1.165) is 5.75 Å². The molecule has 1 aliphatic heterocycles. The molecule has 0 saturated carbocycles. The summed E-state index contributed by atoms with van der Waals surface area (Å²) >= 11 is 1.54. The predicted molar refractivity (Wildman–Crippen MR) is 66.3 cm³/mol. The van der Waals surface area contributed by atoms with Gasteiger partial charge >= 0.3 is 12.1 Å². The lowest BCUT2D eigenvalue weighted by Crippen LogP contribution is -2.58. The van der Waals surface area contributed by atoms with Gasteiger partial charge < -0.3 is 15.2 Å². The highest BCUT2D eigenvalue weighted by molar-refractivity contribution is 8.00.